The van der Waals surface area contributed by atoms with Gasteiger partial charge >= 0.3 is 0 Å². The average Bonchev–Trinajstić information content (AvgIpc) is 2.58. The zero-order valence-electron chi connectivity index (χ0n) is 16.2. The first-order valence-corrected chi connectivity index (χ1v) is 8.44. The SMILES string of the molecule is C=C(/C=C(C)/N=C\C(=C/C)C(=C\C)\C(C)=C(C)C)c1ccc(F)cc1. The summed E-state index contributed by atoms with van der Waals surface area (Å²) in [6.45, 7) is 16.4. The van der Waals surface area contributed by atoms with Gasteiger partial charge in [0.15, 0.2) is 0 Å². The monoisotopic (exact) mass is 337 g/mol. The van der Waals surface area contributed by atoms with Crippen molar-refractivity contribution in [1.82, 2.24) is 0 Å². The third kappa shape index (κ3) is 6.15. The molecule has 0 saturated heterocycles. The number of rotatable bonds is 6. The minimum Gasteiger partial charge on any atom is -0.261 e. The normalized spacial score (nSPS) is 13.3. The van der Waals surface area contributed by atoms with Gasteiger partial charge in [0.1, 0.15) is 5.82 Å². The van der Waals surface area contributed by atoms with Crippen molar-refractivity contribution >= 4 is 11.8 Å². The van der Waals surface area contributed by atoms with Gasteiger partial charge in [0.2, 0.25) is 0 Å². The van der Waals surface area contributed by atoms with Crippen molar-refractivity contribution in [1.29, 1.82) is 0 Å². The zero-order valence-corrected chi connectivity index (χ0v) is 16.2. The Labute approximate surface area is 151 Å². The Balaban J connectivity index is 3.00. The lowest BCUT2D eigenvalue weighted by atomic mass is 9.96. The van der Waals surface area contributed by atoms with E-state index in [2.05, 4.69) is 44.5 Å². The summed E-state index contributed by atoms with van der Waals surface area (Å²) in [4.78, 5) is 4.56. The Morgan fingerprint density at radius 1 is 1.00 bits per heavy atom. The summed E-state index contributed by atoms with van der Waals surface area (Å²) in [6.07, 6.45) is 7.96. The van der Waals surface area contributed by atoms with Gasteiger partial charge in [-0.05, 0) is 87.6 Å². The van der Waals surface area contributed by atoms with Crippen LogP contribution >= 0.6 is 0 Å². The fourth-order valence-corrected chi connectivity index (χ4v) is 2.38. The van der Waals surface area contributed by atoms with Crippen LogP contribution in [0.15, 0.2) is 82.1 Å². The molecular formula is C23H28FN. The van der Waals surface area contributed by atoms with Crippen molar-refractivity contribution in [2.75, 3.05) is 0 Å². The summed E-state index contributed by atoms with van der Waals surface area (Å²) < 4.78 is 13.0. The fourth-order valence-electron chi connectivity index (χ4n) is 2.38. The van der Waals surface area contributed by atoms with E-state index in [-0.39, 0.29) is 5.82 Å². The van der Waals surface area contributed by atoms with Crippen molar-refractivity contribution in [2.24, 2.45) is 4.99 Å². The second-order valence-electron chi connectivity index (χ2n) is 6.15. The van der Waals surface area contributed by atoms with E-state index >= 15 is 0 Å². The van der Waals surface area contributed by atoms with Crippen LogP contribution in [0, 0.1) is 5.82 Å². The minimum absolute atomic E-state index is 0.249. The maximum atomic E-state index is 13.0. The quantitative estimate of drug-likeness (QED) is 0.389. The maximum absolute atomic E-state index is 13.0. The number of nitrogens with zero attached hydrogens (tertiary/aromatic N) is 1. The van der Waals surface area contributed by atoms with Crippen molar-refractivity contribution < 1.29 is 4.39 Å². The first-order valence-electron chi connectivity index (χ1n) is 8.44. The molecule has 0 aromatic heterocycles. The molecule has 0 amide bonds. The molecule has 1 nitrogen and oxygen atoms in total. The van der Waals surface area contributed by atoms with Crippen LogP contribution in [-0.2, 0) is 0 Å². The van der Waals surface area contributed by atoms with Gasteiger partial charge in [0.05, 0.1) is 0 Å². The topological polar surface area (TPSA) is 12.4 Å². The largest absolute Gasteiger partial charge is 0.261 e. The van der Waals surface area contributed by atoms with Gasteiger partial charge in [0.25, 0.3) is 0 Å². The second kappa shape index (κ2) is 9.73. The highest BCUT2D eigenvalue weighted by Gasteiger charge is 2.05. The number of halogens is 1. The van der Waals surface area contributed by atoms with Gasteiger partial charge < -0.3 is 0 Å². The van der Waals surface area contributed by atoms with E-state index < -0.39 is 0 Å². The molecular weight excluding hydrogens is 309 g/mol. The van der Waals surface area contributed by atoms with Crippen molar-refractivity contribution in [2.45, 2.75) is 41.5 Å². The predicted molar refractivity (Wildman–Crippen MR) is 109 cm³/mol. The summed E-state index contributed by atoms with van der Waals surface area (Å²) in [6, 6.07) is 6.31. The van der Waals surface area contributed by atoms with Crippen LogP contribution < -0.4 is 0 Å². The van der Waals surface area contributed by atoms with Gasteiger partial charge in [-0.3, -0.25) is 4.99 Å². The molecule has 0 aliphatic heterocycles. The Morgan fingerprint density at radius 3 is 2.08 bits per heavy atom. The third-order valence-corrected chi connectivity index (χ3v) is 4.07. The van der Waals surface area contributed by atoms with E-state index in [1.54, 1.807) is 12.1 Å². The Bertz CT molecular complexity index is 765. The van der Waals surface area contributed by atoms with Crippen molar-refractivity contribution in [3.8, 4) is 0 Å². The molecule has 1 aromatic rings. The van der Waals surface area contributed by atoms with Crippen LogP contribution in [-0.4, -0.2) is 6.21 Å². The fraction of sp³-hybridized carbons (Fsp3) is 0.261. The van der Waals surface area contributed by atoms with Crippen LogP contribution in [0.25, 0.3) is 5.57 Å². The van der Waals surface area contributed by atoms with Crippen molar-refractivity contribution in [3.63, 3.8) is 0 Å². The molecule has 0 spiro atoms. The third-order valence-electron chi connectivity index (χ3n) is 4.07. The smallest absolute Gasteiger partial charge is 0.123 e. The second-order valence-corrected chi connectivity index (χ2v) is 6.15. The highest BCUT2D eigenvalue weighted by Crippen LogP contribution is 2.22. The molecule has 0 heterocycles. The number of hydrogen-bond acceptors (Lipinski definition) is 1. The number of benzene rings is 1. The predicted octanol–water partition coefficient (Wildman–Crippen LogP) is 7.06. The van der Waals surface area contributed by atoms with E-state index in [1.165, 1.54) is 28.9 Å². The molecule has 1 rings (SSSR count). The lowest BCUT2D eigenvalue weighted by Gasteiger charge is -2.10. The molecule has 132 valence electrons. The molecule has 25 heavy (non-hydrogen) atoms. The summed E-state index contributed by atoms with van der Waals surface area (Å²) in [5, 5.41) is 0. The van der Waals surface area contributed by atoms with E-state index in [1.807, 2.05) is 33.1 Å². The number of aliphatic imine (C=N–C) groups is 1. The van der Waals surface area contributed by atoms with Crippen LogP contribution in [0.5, 0.6) is 0 Å². The minimum atomic E-state index is -0.249. The molecule has 0 unspecified atom stereocenters. The Morgan fingerprint density at radius 2 is 1.60 bits per heavy atom. The summed E-state index contributed by atoms with van der Waals surface area (Å²) in [7, 11) is 0. The van der Waals surface area contributed by atoms with E-state index in [9.17, 15) is 4.39 Å². The zero-order chi connectivity index (χ0) is 19.0. The van der Waals surface area contributed by atoms with Gasteiger partial charge in [-0.2, -0.15) is 0 Å². The molecule has 0 radical (unpaired) electrons. The molecule has 0 bridgehead atoms. The van der Waals surface area contributed by atoms with E-state index in [4.69, 9.17) is 0 Å². The van der Waals surface area contributed by atoms with Gasteiger partial charge in [-0.15, -0.1) is 0 Å². The number of hydrogen-bond donors (Lipinski definition) is 0. The molecule has 0 atom stereocenters. The molecule has 1 aromatic carbocycles. The van der Waals surface area contributed by atoms with Gasteiger partial charge in [-0.1, -0.05) is 36.4 Å². The van der Waals surface area contributed by atoms with Crippen molar-refractivity contribution in [3.05, 3.63) is 88.4 Å². The molecule has 0 aliphatic carbocycles. The lowest BCUT2D eigenvalue weighted by Crippen LogP contribution is -1.95. The van der Waals surface area contributed by atoms with Crippen LogP contribution in [0.3, 0.4) is 0 Å². The Hall–Kier alpha value is -2.48. The van der Waals surface area contributed by atoms with Gasteiger partial charge in [0, 0.05) is 11.9 Å². The molecule has 0 saturated carbocycles. The molecule has 0 fully saturated rings. The lowest BCUT2D eigenvalue weighted by molar-refractivity contribution is 0.627. The van der Waals surface area contributed by atoms with Crippen LogP contribution in [0.2, 0.25) is 0 Å². The first-order chi connectivity index (χ1) is 11.8. The number of allylic oxidation sites excluding steroid dienone is 9. The Kier molecular flexibility index (Phi) is 8.00. The molecule has 0 N–H and O–H groups in total. The summed E-state index contributed by atoms with van der Waals surface area (Å²) in [5.41, 5.74) is 7.37. The average molecular weight is 337 g/mol. The van der Waals surface area contributed by atoms with Gasteiger partial charge in [-0.25, -0.2) is 4.39 Å². The molecule has 0 aliphatic rings. The first kappa shape index (κ1) is 20.6. The van der Waals surface area contributed by atoms with Crippen LogP contribution in [0.1, 0.15) is 47.1 Å². The maximum Gasteiger partial charge on any atom is 0.123 e. The van der Waals surface area contributed by atoms with E-state index in [0.717, 1.165) is 22.4 Å². The standard InChI is InChI=1S/C23H28FN/c1-8-20(23(9-2)19(7)16(3)4)15-25-18(6)14-17(5)21-10-12-22(24)13-11-21/h8-15H,5H2,1-4,6-7H3/b18-14+,20-8+,23-9+,25-15-. The highest BCUT2D eigenvalue weighted by atomic mass is 19.1. The van der Waals surface area contributed by atoms with E-state index in [0.29, 0.717) is 0 Å². The summed E-state index contributed by atoms with van der Waals surface area (Å²) in [5.74, 6) is -0.249. The molecule has 2 heteroatoms. The summed E-state index contributed by atoms with van der Waals surface area (Å²) >= 11 is 0. The van der Waals surface area contributed by atoms with Crippen LogP contribution in [0.4, 0.5) is 4.39 Å². The highest BCUT2D eigenvalue weighted by molar-refractivity contribution is 5.87.